The molecule has 2 aromatic rings. The topological polar surface area (TPSA) is 116 Å². The quantitative estimate of drug-likeness (QED) is 0.257. The van der Waals surface area contributed by atoms with Crippen LogP contribution in [0.2, 0.25) is 0 Å². The Hall–Kier alpha value is -3.52. The van der Waals surface area contributed by atoms with Gasteiger partial charge < -0.3 is 15.4 Å². The van der Waals surface area contributed by atoms with Crippen LogP contribution in [-0.4, -0.2) is 40.3 Å². The van der Waals surface area contributed by atoms with Gasteiger partial charge in [0, 0.05) is 0 Å². The van der Waals surface area contributed by atoms with Gasteiger partial charge in [-0.1, -0.05) is 60.7 Å². The number of rotatable bonds is 7. The summed E-state index contributed by atoms with van der Waals surface area (Å²) >= 11 is 0. The number of amides is 1. The molecule has 0 spiro atoms. The molecular weight excluding hydrogens is 362 g/mol. The van der Waals surface area contributed by atoms with E-state index in [-0.39, 0.29) is 5.56 Å². The fourth-order valence-corrected chi connectivity index (χ4v) is 2.93. The number of β-lactam (4-membered cyclic amide) rings is 1. The van der Waals surface area contributed by atoms with Crippen molar-refractivity contribution in [2.24, 2.45) is 5.73 Å². The van der Waals surface area contributed by atoms with E-state index >= 15 is 0 Å². The van der Waals surface area contributed by atoms with Crippen LogP contribution in [0.5, 0.6) is 0 Å². The normalized spacial score (nSPS) is 19.9. The lowest BCUT2D eigenvalue weighted by molar-refractivity contribution is -0.576. The number of nitro groups is 1. The van der Waals surface area contributed by atoms with Crippen LogP contribution in [-0.2, 0) is 14.3 Å². The van der Waals surface area contributed by atoms with Crippen LogP contribution in [0.3, 0.4) is 0 Å². The first-order valence-electron chi connectivity index (χ1n) is 8.64. The lowest BCUT2D eigenvalue weighted by Crippen LogP contribution is -2.68. The molecule has 8 heteroatoms. The first-order chi connectivity index (χ1) is 13.5. The molecule has 1 aliphatic rings. The van der Waals surface area contributed by atoms with Gasteiger partial charge in [-0.05, 0) is 17.7 Å². The van der Waals surface area contributed by atoms with Crippen molar-refractivity contribution in [1.82, 2.24) is 4.90 Å². The smallest absolute Gasteiger partial charge is 0.382 e. The fourth-order valence-electron chi connectivity index (χ4n) is 2.93. The zero-order valence-electron chi connectivity index (χ0n) is 14.9. The zero-order chi connectivity index (χ0) is 20.1. The summed E-state index contributed by atoms with van der Waals surface area (Å²) < 4.78 is 5.00. The molecule has 1 aliphatic heterocycles. The molecule has 3 rings (SSSR count). The van der Waals surface area contributed by atoms with Crippen molar-refractivity contribution in [2.75, 3.05) is 6.54 Å². The largest absolute Gasteiger partial charge is 0.393 e. The first kappa shape index (κ1) is 19.2. The van der Waals surface area contributed by atoms with E-state index in [2.05, 4.69) is 0 Å². The van der Waals surface area contributed by atoms with E-state index in [0.717, 1.165) is 5.56 Å². The second-order valence-corrected chi connectivity index (χ2v) is 6.29. The average Bonchev–Trinajstić information content (AvgIpc) is 2.72. The van der Waals surface area contributed by atoms with Crippen molar-refractivity contribution >= 4 is 18.0 Å². The molecule has 0 radical (unpaired) electrons. The molecule has 1 heterocycles. The molecular formula is C20H19N3O5. The lowest BCUT2D eigenvalue weighted by atomic mass is 9.95. The standard InChI is InChI=1S/C20H19N3O5/c21-18-16(12-11-14-7-3-1-4-8-14)22(19(18)25)13-17(24)28-20(23(26)27)15-9-5-2-6-10-15/h1-12,16,18,20H,13,21H2. The summed E-state index contributed by atoms with van der Waals surface area (Å²) in [5.74, 6) is -1.28. The maximum atomic E-state index is 12.2. The monoisotopic (exact) mass is 381 g/mol. The van der Waals surface area contributed by atoms with Crippen molar-refractivity contribution in [3.63, 3.8) is 0 Å². The summed E-state index contributed by atoms with van der Waals surface area (Å²) in [7, 11) is 0. The Bertz CT molecular complexity index is 885. The number of carbonyl (C=O) groups excluding carboxylic acids is 2. The van der Waals surface area contributed by atoms with Gasteiger partial charge in [-0.15, -0.1) is 0 Å². The van der Waals surface area contributed by atoms with Crippen LogP contribution in [0.4, 0.5) is 0 Å². The Morgan fingerprint density at radius 1 is 1.18 bits per heavy atom. The predicted octanol–water partition coefficient (Wildman–Crippen LogP) is 1.76. The predicted molar refractivity (Wildman–Crippen MR) is 101 cm³/mol. The van der Waals surface area contributed by atoms with E-state index < -0.39 is 41.7 Å². The van der Waals surface area contributed by atoms with E-state index in [4.69, 9.17) is 10.5 Å². The number of hydrogen-bond donors (Lipinski definition) is 1. The number of hydrogen-bond acceptors (Lipinski definition) is 6. The summed E-state index contributed by atoms with van der Waals surface area (Å²) in [5, 5.41) is 11.3. The third kappa shape index (κ3) is 4.24. The SMILES string of the molecule is NC1C(=O)N(CC(=O)OC(c2ccccc2)[N+](=O)[O-])C1C=Cc1ccccc1. The minimum absolute atomic E-state index is 0.244. The van der Waals surface area contributed by atoms with E-state index in [1.54, 1.807) is 30.4 Å². The van der Waals surface area contributed by atoms with Gasteiger partial charge in [0.15, 0.2) is 0 Å². The van der Waals surface area contributed by atoms with Gasteiger partial charge in [0.2, 0.25) is 5.91 Å². The molecule has 0 aliphatic carbocycles. The Kier molecular flexibility index (Phi) is 5.81. The molecule has 2 aromatic carbocycles. The molecule has 1 amide bonds. The molecule has 3 unspecified atom stereocenters. The van der Waals surface area contributed by atoms with Crippen molar-refractivity contribution in [3.8, 4) is 0 Å². The lowest BCUT2D eigenvalue weighted by Gasteiger charge is -2.43. The van der Waals surface area contributed by atoms with Crippen LogP contribution >= 0.6 is 0 Å². The average molecular weight is 381 g/mol. The Morgan fingerprint density at radius 3 is 2.39 bits per heavy atom. The molecule has 3 atom stereocenters. The van der Waals surface area contributed by atoms with Crippen molar-refractivity contribution < 1.29 is 19.2 Å². The highest BCUT2D eigenvalue weighted by Gasteiger charge is 2.44. The maximum absolute atomic E-state index is 12.2. The first-order valence-corrected chi connectivity index (χ1v) is 8.64. The van der Waals surface area contributed by atoms with Gasteiger partial charge in [0.1, 0.15) is 12.6 Å². The van der Waals surface area contributed by atoms with Gasteiger partial charge in [0.25, 0.3) is 0 Å². The highest BCUT2D eigenvalue weighted by atomic mass is 16.7. The Labute approximate surface area is 161 Å². The van der Waals surface area contributed by atoms with Crippen molar-refractivity contribution in [2.45, 2.75) is 18.3 Å². The molecule has 1 saturated heterocycles. The Morgan fingerprint density at radius 2 is 1.79 bits per heavy atom. The van der Waals surface area contributed by atoms with Crippen LogP contribution < -0.4 is 5.73 Å². The van der Waals surface area contributed by atoms with Gasteiger partial charge in [-0.2, -0.15) is 0 Å². The maximum Gasteiger partial charge on any atom is 0.382 e. The number of esters is 1. The third-order valence-corrected chi connectivity index (χ3v) is 4.40. The summed E-state index contributed by atoms with van der Waals surface area (Å²) in [5.41, 5.74) is 7.00. The third-order valence-electron chi connectivity index (χ3n) is 4.40. The Balaban J connectivity index is 1.65. The van der Waals surface area contributed by atoms with E-state index in [1.165, 1.54) is 17.0 Å². The van der Waals surface area contributed by atoms with Crippen LogP contribution in [0.15, 0.2) is 66.7 Å². The van der Waals surface area contributed by atoms with Gasteiger partial charge >= 0.3 is 12.2 Å². The summed E-state index contributed by atoms with van der Waals surface area (Å²) in [4.78, 5) is 36.1. The summed E-state index contributed by atoms with van der Waals surface area (Å²) in [6.07, 6.45) is 1.91. The van der Waals surface area contributed by atoms with Crippen molar-refractivity contribution in [1.29, 1.82) is 0 Å². The molecule has 0 saturated carbocycles. The number of carbonyl (C=O) groups is 2. The molecule has 144 valence electrons. The highest BCUT2D eigenvalue weighted by Crippen LogP contribution is 2.23. The number of ether oxygens (including phenoxy) is 1. The summed E-state index contributed by atoms with van der Waals surface area (Å²) in [6, 6.07) is 16.1. The van der Waals surface area contributed by atoms with Crippen LogP contribution in [0.1, 0.15) is 17.4 Å². The van der Waals surface area contributed by atoms with Gasteiger partial charge in [0.05, 0.1) is 16.5 Å². The molecule has 8 nitrogen and oxygen atoms in total. The van der Waals surface area contributed by atoms with Crippen LogP contribution in [0, 0.1) is 10.1 Å². The number of benzene rings is 2. The van der Waals surface area contributed by atoms with Gasteiger partial charge in [-0.3, -0.25) is 14.9 Å². The number of nitrogens with two attached hydrogens (primary N) is 1. The van der Waals surface area contributed by atoms with Crippen LogP contribution in [0.25, 0.3) is 6.08 Å². The minimum Gasteiger partial charge on any atom is -0.393 e. The van der Waals surface area contributed by atoms with E-state index in [0.29, 0.717) is 0 Å². The number of nitrogens with zero attached hydrogens (tertiary/aromatic N) is 2. The second kappa shape index (κ2) is 8.45. The fraction of sp³-hybridized carbons (Fsp3) is 0.200. The van der Waals surface area contributed by atoms with E-state index in [1.807, 2.05) is 30.3 Å². The molecule has 2 N–H and O–H groups in total. The summed E-state index contributed by atoms with van der Waals surface area (Å²) in [6.45, 7) is -0.409. The second-order valence-electron chi connectivity index (χ2n) is 6.29. The van der Waals surface area contributed by atoms with Gasteiger partial charge in [-0.25, -0.2) is 4.79 Å². The highest BCUT2D eigenvalue weighted by molar-refractivity contribution is 5.93. The zero-order valence-corrected chi connectivity index (χ0v) is 14.9. The molecule has 0 aromatic heterocycles. The minimum atomic E-state index is -1.63. The number of likely N-dealkylation sites (tertiary alicyclic amines) is 1. The van der Waals surface area contributed by atoms with E-state index in [9.17, 15) is 19.7 Å². The molecule has 28 heavy (non-hydrogen) atoms. The molecule has 1 fully saturated rings. The molecule has 0 bridgehead atoms. The van der Waals surface area contributed by atoms with Crippen molar-refractivity contribution in [3.05, 3.63) is 88.0 Å².